The summed E-state index contributed by atoms with van der Waals surface area (Å²) in [4.78, 5) is 10.2. The predicted molar refractivity (Wildman–Crippen MR) is 128 cm³/mol. The third-order valence-electron chi connectivity index (χ3n) is 5.77. The van der Waals surface area contributed by atoms with E-state index >= 15 is 0 Å². The summed E-state index contributed by atoms with van der Waals surface area (Å²) in [5.41, 5.74) is 0. The van der Waals surface area contributed by atoms with Gasteiger partial charge in [0.25, 0.3) is 0 Å². The third kappa shape index (κ3) is 8.44. The largest absolute Gasteiger partial charge is 0.357 e. The second-order valence-electron chi connectivity index (χ2n) is 9.16. The number of hydrogen-bond donors (Lipinski definition) is 2. The van der Waals surface area contributed by atoms with Gasteiger partial charge in [-0.2, -0.15) is 0 Å². The molecule has 3 unspecified atom stereocenters. The van der Waals surface area contributed by atoms with Gasteiger partial charge in [-0.05, 0) is 57.9 Å². The summed E-state index contributed by atoms with van der Waals surface area (Å²) in [5, 5.41) is 7.18. The van der Waals surface area contributed by atoms with Crippen LogP contribution in [0, 0.1) is 17.8 Å². The summed E-state index contributed by atoms with van der Waals surface area (Å²) in [6.45, 7) is 21.6. The maximum absolute atomic E-state index is 4.97. The lowest BCUT2D eigenvalue weighted by Crippen LogP contribution is -2.47. The van der Waals surface area contributed by atoms with Crippen molar-refractivity contribution in [2.75, 3.05) is 45.8 Å². The fourth-order valence-corrected chi connectivity index (χ4v) is 4.31. The predicted octanol–water partition coefficient (Wildman–Crippen LogP) is 3.26. The Morgan fingerprint density at radius 3 is 2.48 bits per heavy atom. The molecule has 2 aliphatic rings. The molecule has 0 radical (unpaired) electrons. The van der Waals surface area contributed by atoms with Crippen LogP contribution in [0.5, 0.6) is 0 Å². The average Bonchev–Trinajstić information content (AvgIpc) is 2.94. The minimum absolute atomic E-state index is 0. The fraction of sp³-hybridized carbons (Fsp3) is 0.952. The van der Waals surface area contributed by atoms with Crippen molar-refractivity contribution in [3.63, 3.8) is 0 Å². The monoisotopic (exact) mass is 493 g/mol. The molecule has 2 fully saturated rings. The zero-order valence-corrected chi connectivity index (χ0v) is 20.8. The zero-order chi connectivity index (χ0) is 19.1. The molecule has 6 heteroatoms. The molecule has 0 aromatic heterocycles. The molecule has 27 heavy (non-hydrogen) atoms. The van der Waals surface area contributed by atoms with Crippen molar-refractivity contribution < 1.29 is 0 Å². The van der Waals surface area contributed by atoms with Gasteiger partial charge in [0.1, 0.15) is 0 Å². The summed E-state index contributed by atoms with van der Waals surface area (Å²) < 4.78 is 0. The Hall–Kier alpha value is -0.0800. The van der Waals surface area contributed by atoms with Crippen molar-refractivity contribution in [2.45, 2.75) is 66.5 Å². The van der Waals surface area contributed by atoms with Gasteiger partial charge in [-0.25, -0.2) is 0 Å². The quantitative estimate of drug-likeness (QED) is 0.325. The van der Waals surface area contributed by atoms with Crippen molar-refractivity contribution in [3.8, 4) is 0 Å². The number of aliphatic imine (C=N–C) groups is 1. The Balaban J connectivity index is 0.00000364. The number of rotatable bonds is 7. The molecule has 2 heterocycles. The molecule has 2 aliphatic heterocycles. The summed E-state index contributed by atoms with van der Waals surface area (Å²) in [6, 6.07) is 1.12. The van der Waals surface area contributed by atoms with Crippen LogP contribution >= 0.6 is 24.0 Å². The number of nitrogens with one attached hydrogen (secondary N) is 2. The van der Waals surface area contributed by atoms with Crippen molar-refractivity contribution in [1.82, 2.24) is 20.4 Å². The molecule has 0 aliphatic carbocycles. The van der Waals surface area contributed by atoms with Crippen LogP contribution in [0.25, 0.3) is 0 Å². The van der Waals surface area contributed by atoms with Gasteiger partial charge < -0.3 is 15.5 Å². The highest BCUT2D eigenvalue weighted by atomic mass is 127. The van der Waals surface area contributed by atoms with Crippen LogP contribution in [-0.2, 0) is 0 Å². The van der Waals surface area contributed by atoms with E-state index in [-0.39, 0.29) is 24.0 Å². The highest BCUT2D eigenvalue weighted by Crippen LogP contribution is 2.19. The lowest BCUT2D eigenvalue weighted by molar-refractivity contribution is 0.162. The van der Waals surface area contributed by atoms with Crippen LogP contribution in [0.15, 0.2) is 4.99 Å². The number of hydrogen-bond acceptors (Lipinski definition) is 3. The Kier molecular flexibility index (Phi) is 11.5. The summed E-state index contributed by atoms with van der Waals surface area (Å²) in [7, 11) is 0. The van der Waals surface area contributed by atoms with Crippen molar-refractivity contribution in [1.29, 1.82) is 0 Å². The first-order valence-corrected chi connectivity index (χ1v) is 10.9. The molecule has 0 amide bonds. The molecule has 0 aromatic carbocycles. The van der Waals surface area contributed by atoms with Crippen LogP contribution in [-0.4, -0.2) is 73.7 Å². The third-order valence-corrected chi connectivity index (χ3v) is 5.77. The van der Waals surface area contributed by atoms with Crippen LogP contribution in [0.1, 0.15) is 54.4 Å². The molecule has 2 saturated heterocycles. The Morgan fingerprint density at radius 2 is 1.89 bits per heavy atom. The number of likely N-dealkylation sites (tertiary alicyclic amines) is 2. The molecular weight excluding hydrogens is 449 g/mol. The van der Waals surface area contributed by atoms with E-state index in [1.54, 1.807) is 0 Å². The first kappa shape index (κ1) is 25.0. The number of guanidine groups is 1. The number of nitrogens with zero attached hydrogens (tertiary/aromatic N) is 3. The lowest BCUT2D eigenvalue weighted by atomic mass is 9.97. The topological polar surface area (TPSA) is 42.9 Å². The summed E-state index contributed by atoms with van der Waals surface area (Å²) >= 11 is 0. The van der Waals surface area contributed by atoms with Crippen LogP contribution < -0.4 is 10.6 Å². The van der Waals surface area contributed by atoms with E-state index in [9.17, 15) is 0 Å². The smallest absolute Gasteiger partial charge is 0.191 e. The molecule has 2 N–H and O–H groups in total. The molecule has 0 saturated carbocycles. The van der Waals surface area contributed by atoms with E-state index in [1.165, 1.54) is 39.0 Å². The van der Waals surface area contributed by atoms with Crippen molar-refractivity contribution in [3.05, 3.63) is 0 Å². The van der Waals surface area contributed by atoms with E-state index < -0.39 is 0 Å². The highest BCUT2D eigenvalue weighted by Gasteiger charge is 2.31. The van der Waals surface area contributed by atoms with Gasteiger partial charge in [0.15, 0.2) is 5.96 Å². The molecular formula is C21H44IN5. The Labute approximate surface area is 185 Å². The van der Waals surface area contributed by atoms with Gasteiger partial charge in [-0.1, -0.05) is 20.8 Å². The minimum atomic E-state index is 0. The number of piperidine rings is 1. The SMILES string of the molecule is CCNC(=NCC1CCCN(CC(C)C)C1)NC1CN(C(C)C)CC1C.I. The van der Waals surface area contributed by atoms with E-state index in [4.69, 9.17) is 4.99 Å². The van der Waals surface area contributed by atoms with E-state index in [0.717, 1.165) is 31.5 Å². The molecule has 0 spiro atoms. The van der Waals surface area contributed by atoms with Gasteiger partial charge >= 0.3 is 0 Å². The van der Waals surface area contributed by atoms with Gasteiger partial charge in [0, 0.05) is 51.4 Å². The van der Waals surface area contributed by atoms with Crippen LogP contribution in [0.4, 0.5) is 0 Å². The molecule has 0 bridgehead atoms. The average molecular weight is 494 g/mol. The normalized spacial score (nSPS) is 27.9. The van der Waals surface area contributed by atoms with E-state index in [0.29, 0.717) is 23.9 Å². The highest BCUT2D eigenvalue weighted by molar-refractivity contribution is 14.0. The lowest BCUT2D eigenvalue weighted by Gasteiger charge is -2.33. The molecule has 0 aromatic rings. The Morgan fingerprint density at radius 1 is 1.15 bits per heavy atom. The summed E-state index contributed by atoms with van der Waals surface area (Å²) in [6.07, 6.45) is 2.64. The molecule has 5 nitrogen and oxygen atoms in total. The van der Waals surface area contributed by atoms with Crippen molar-refractivity contribution in [2.24, 2.45) is 22.7 Å². The van der Waals surface area contributed by atoms with Gasteiger partial charge in [0.05, 0.1) is 0 Å². The Bertz CT molecular complexity index is 440. The van der Waals surface area contributed by atoms with E-state index in [1.807, 2.05) is 0 Å². The number of halogens is 1. The molecule has 160 valence electrons. The fourth-order valence-electron chi connectivity index (χ4n) is 4.31. The standard InChI is InChI=1S/C21H43N5.HI/c1-7-22-21(24-20-15-26(17(4)5)13-18(20)6)23-11-19-9-8-10-25(14-19)12-16(2)3;/h16-20H,7-15H2,1-6H3,(H2,22,23,24);1H. The van der Waals surface area contributed by atoms with Crippen LogP contribution in [0.3, 0.4) is 0 Å². The van der Waals surface area contributed by atoms with Gasteiger partial charge in [-0.3, -0.25) is 9.89 Å². The second-order valence-corrected chi connectivity index (χ2v) is 9.16. The maximum Gasteiger partial charge on any atom is 0.191 e. The maximum atomic E-state index is 4.97. The minimum Gasteiger partial charge on any atom is -0.357 e. The second kappa shape index (κ2) is 12.5. The molecule has 3 atom stereocenters. The van der Waals surface area contributed by atoms with E-state index in [2.05, 4.69) is 62.0 Å². The first-order chi connectivity index (χ1) is 12.4. The summed E-state index contributed by atoms with van der Waals surface area (Å²) in [5.74, 6) is 3.13. The first-order valence-electron chi connectivity index (χ1n) is 10.9. The van der Waals surface area contributed by atoms with Crippen molar-refractivity contribution >= 4 is 29.9 Å². The zero-order valence-electron chi connectivity index (χ0n) is 18.5. The van der Waals surface area contributed by atoms with Crippen LogP contribution in [0.2, 0.25) is 0 Å². The van der Waals surface area contributed by atoms with Gasteiger partial charge in [0.2, 0.25) is 0 Å². The van der Waals surface area contributed by atoms with Gasteiger partial charge in [-0.15, -0.1) is 24.0 Å². The molecule has 2 rings (SSSR count).